The van der Waals surface area contributed by atoms with Gasteiger partial charge >= 0.3 is 0 Å². The predicted molar refractivity (Wildman–Crippen MR) is 53.4 cm³/mol. The fourth-order valence-electron chi connectivity index (χ4n) is 0.821. The Kier molecular flexibility index (Phi) is 6.03. The molecule has 1 N–H and O–H groups in total. The first kappa shape index (κ1) is 11.7. The van der Waals surface area contributed by atoms with E-state index >= 15 is 0 Å². The molecule has 0 saturated carbocycles. The van der Waals surface area contributed by atoms with Gasteiger partial charge in [0, 0.05) is 7.11 Å². The molecule has 0 unspecified atom stereocenters. The molecule has 0 saturated heterocycles. The second-order valence-corrected chi connectivity index (χ2v) is 3.54. The van der Waals surface area contributed by atoms with Crippen LogP contribution in [-0.2, 0) is 4.74 Å². The maximum Gasteiger partial charge on any atom is 0.0634 e. The van der Waals surface area contributed by atoms with Crippen LogP contribution in [0.5, 0.6) is 0 Å². The van der Waals surface area contributed by atoms with E-state index in [4.69, 9.17) is 4.74 Å². The van der Waals surface area contributed by atoms with Gasteiger partial charge in [-0.05, 0) is 39.8 Å². The highest BCUT2D eigenvalue weighted by Crippen LogP contribution is 2.10. The average molecular weight is 171 g/mol. The smallest absolute Gasteiger partial charge is 0.0634 e. The number of nitrogens with one attached hydrogen (secondary N) is 1. The molecule has 0 spiro atoms. The minimum absolute atomic E-state index is 0.00117. The molecule has 0 rings (SSSR count). The number of ether oxygens (including phenoxy) is 1. The maximum atomic E-state index is 5.28. The van der Waals surface area contributed by atoms with Gasteiger partial charge in [-0.15, -0.1) is 6.58 Å². The van der Waals surface area contributed by atoms with Crippen LogP contribution in [0, 0.1) is 0 Å². The van der Waals surface area contributed by atoms with E-state index in [9.17, 15) is 0 Å². The van der Waals surface area contributed by atoms with Crippen LogP contribution >= 0.6 is 0 Å². The Balaban J connectivity index is 3.24. The quantitative estimate of drug-likeness (QED) is 0.467. The fraction of sp³-hybridized carbons (Fsp3) is 0.800. The van der Waals surface area contributed by atoms with E-state index < -0.39 is 0 Å². The highest BCUT2D eigenvalue weighted by atomic mass is 16.5. The van der Waals surface area contributed by atoms with Crippen LogP contribution in [0.3, 0.4) is 0 Å². The van der Waals surface area contributed by atoms with Gasteiger partial charge in [0.15, 0.2) is 0 Å². The van der Waals surface area contributed by atoms with Gasteiger partial charge in [0.25, 0.3) is 0 Å². The van der Waals surface area contributed by atoms with E-state index in [1.807, 2.05) is 6.08 Å². The van der Waals surface area contributed by atoms with Gasteiger partial charge in [-0.1, -0.05) is 6.08 Å². The van der Waals surface area contributed by atoms with Crippen LogP contribution in [-0.4, -0.2) is 25.8 Å². The summed E-state index contributed by atoms with van der Waals surface area (Å²) in [6.07, 6.45) is 4.00. The minimum atomic E-state index is 0.00117. The maximum absolute atomic E-state index is 5.28. The van der Waals surface area contributed by atoms with Gasteiger partial charge in [0.05, 0.1) is 5.60 Å². The molecule has 72 valence electrons. The summed E-state index contributed by atoms with van der Waals surface area (Å²) in [7, 11) is 1.75. The molecule has 0 aromatic rings. The monoisotopic (exact) mass is 171 g/mol. The van der Waals surface area contributed by atoms with Crippen LogP contribution < -0.4 is 5.32 Å². The Morgan fingerprint density at radius 1 is 1.42 bits per heavy atom. The molecule has 0 bridgehead atoms. The standard InChI is InChI=1S/C10H21NO/c1-5-6-8-11-9-7-10(2,3)12-4/h5,11H,1,6-9H2,2-4H3. The second-order valence-electron chi connectivity index (χ2n) is 3.54. The Bertz CT molecular complexity index is 121. The van der Waals surface area contributed by atoms with E-state index in [2.05, 4.69) is 25.7 Å². The van der Waals surface area contributed by atoms with Gasteiger partial charge < -0.3 is 10.1 Å². The Labute approximate surface area is 76.0 Å². The molecule has 0 aliphatic heterocycles. The summed E-state index contributed by atoms with van der Waals surface area (Å²) >= 11 is 0. The largest absolute Gasteiger partial charge is 0.379 e. The molecule has 0 radical (unpaired) electrons. The first-order valence-electron chi connectivity index (χ1n) is 4.49. The molecule has 12 heavy (non-hydrogen) atoms. The van der Waals surface area contributed by atoms with Gasteiger partial charge in [-0.25, -0.2) is 0 Å². The lowest BCUT2D eigenvalue weighted by atomic mass is 10.1. The normalized spacial score (nSPS) is 11.6. The first-order chi connectivity index (χ1) is 5.62. The highest BCUT2D eigenvalue weighted by molar-refractivity contribution is 4.71. The molecule has 0 atom stereocenters. The second kappa shape index (κ2) is 6.21. The molecule has 2 heteroatoms. The molecule has 0 fully saturated rings. The minimum Gasteiger partial charge on any atom is -0.379 e. The molecule has 0 aliphatic rings. The van der Waals surface area contributed by atoms with Crippen molar-refractivity contribution in [1.29, 1.82) is 0 Å². The molecular formula is C10H21NO. The van der Waals surface area contributed by atoms with Crippen LogP contribution in [0.25, 0.3) is 0 Å². The summed E-state index contributed by atoms with van der Waals surface area (Å²) in [4.78, 5) is 0. The fourth-order valence-corrected chi connectivity index (χ4v) is 0.821. The summed E-state index contributed by atoms with van der Waals surface area (Å²) in [6, 6.07) is 0. The summed E-state index contributed by atoms with van der Waals surface area (Å²) in [6.45, 7) is 9.88. The summed E-state index contributed by atoms with van der Waals surface area (Å²) in [5, 5.41) is 3.33. The molecular weight excluding hydrogens is 150 g/mol. The average Bonchev–Trinajstić information content (AvgIpc) is 2.04. The van der Waals surface area contributed by atoms with Crippen LogP contribution in [0.4, 0.5) is 0 Å². The zero-order valence-corrected chi connectivity index (χ0v) is 8.52. The summed E-state index contributed by atoms with van der Waals surface area (Å²) in [5.74, 6) is 0. The van der Waals surface area contributed by atoms with Crippen molar-refractivity contribution in [3.05, 3.63) is 12.7 Å². The van der Waals surface area contributed by atoms with Gasteiger partial charge in [0.1, 0.15) is 0 Å². The van der Waals surface area contributed by atoms with Crippen molar-refractivity contribution in [1.82, 2.24) is 5.32 Å². The third-order valence-electron chi connectivity index (χ3n) is 1.98. The van der Waals surface area contributed by atoms with Crippen molar-refractivity contribution < 1.29 is 4.74 Å². The van der Waals surface area contributed by atoms with Crippen molar-refractivity contribution in [3.8, 4) is 0 Å². The molecule has 0 aromatic heterocycles. The van der Waals surface area contributed by atoms with E-state index in [1.165, 1.54) is 0 Å². The number of hydrogen-bond donors (Lipinski definition) is 1. The number of rotatable bonds is 7. The SMILES string of the molecule is C=CCCNCCC(C)(C)OC. The number of methoxy groups -OCH3 is 1. The Hall–Kier alpha value is -0.340. The van der Waals surface area contributed by atoms with Crippen molar-refractivity contribution in [2.75, 3.05) is 20.2 Å². The van der Waals surface area contributed by atoms with Crippen molar-refractivity contribution >= 4 is 0 Å². The van der Waals surface area contributed by atoms with Gasteiger partial charge in [-0.3, -0.25) is 0 Å². The summed E-state index contributed by atoms with van der Waals surface area (Å²) < 4.78 is 5.28. The highest BCUT2D eigenvalue weighted by Gasteiger charge is 2.14. The van der Waals surface area contributed by atoms with Crippen molar-refractivity contribution in [2.45, 2.75) is 32.3 Å². The van der Waals surface area contributed by atoms with E-state index in [1.54, 1.807) is 7.11 Å². The van der Waals surface area contributed by atoms with E-state index in [0.29, 0.717) is 0 Å². The molecule has 0 aliphatic carbocycles. The zero-order valence-electron chi connectivity index (χ0n) is 8.52. The van der Waals surface area contributed by atoms with E-state index in [-0.39, 0.29) is 5.60 Å². The lowest BCUT2D eigenvalue weighted by molar-refractivity contribution is 0.0159. The lowest BCUT2D eigenvalue weighted by Gasteiger charge is -2.22. The van der Waals surface area contributed by atoms with Crippen LogP contribution in [0.15, 0.2) is 12.7 Å². The van der Waals surface area contributed by atoms with Crippen molar-refractivity contribution in [3.63, 3.8) is 0 Å². The third-order valence-corrected chi connectivity index (χ3v) is 1.98. The Morgan fingerprint density at radius 2 is 2.08 bits per heavy atom. The molecule has 0 amide bonds. The topological polar surface area (TPSA) is 21.3 Å². The van der Waals surface area contributed by atoms with Crippen molar-refractivity contribution in [2.24, 2.45) is 0 Å². The van der Waals surface area contributed by atoms with E-state index in [0.717, 1.165) is 25.9 Å². The third kappa shape index (κ3) is 6.38. The number of hydrogen-bond acceptors (Lipinski definition) is 2. The van der Waals surface area contributed by atoms with Gasteiger partial charge in [-0.2, -0.15) is 0 Å². The summed E-state index contributed by atoms with van der Waals surface area (Å²) in [5.41, 5.74) is 0.00117. The molecule has 2 nitrogen and oxygen atoms in total. The van der Waals surface area contributed by atoms with Crippen LogP contribution in [0.2, 0.25) is 0 Å². The molecule has 0 aromatic carbocycles. The molecule has 0 heterocycles. The predicted octanol–water partition coefficient (Wildman–Crippen LogP) is 1.97. The van der Waals surface area contributed by atoms with Crippen LogP contribution in [0.1, 0.15) is 26.7 Å². The first-order valence-corrected chi connectivity index (χ1v) is 4.49. The zero-order chi connectivity index (χ0) is 9.45. The lowest BCUT2D eigenvalue weighted by Crippen LogP contribution is -2.29. The Morgan fingerprint density at radius 3 is 2.58 bits per heavy atom. The van der Waals surface area contributed by atoms with Gasteiger partial charge in [0.2, 0.25) is 0 Å².